The Morgan fingerprint density at radius 3 is 2.52 bits per heavy atom. The molecule has 19 heteroatoms. The Kier molecular flexibility index (Phi) is 12.8. The quantitative estimate of drug-likeness (QED) is 0.292. The van der Waals surface area contributed by atoms with E-state index in [4.69, 9.17) is 10.5 Å². The van der Waals surface area contributed by atoms with E-state index in [0.717, 1.165) is 0 Å². The fourth-order valence-corrected chi connectivity index (χ4v) is 3.93. The first-order chi connectivity index (χ1) is 12.1. The summed E-state index contributed by atoms with van der Waals surface area (Å²) >= 11 is 0. The molecule has 29 heavy (non-hydrogen) atoms. The molecule has 0 spiro atoms. The molecular weight excluding hydrogens is 465 g/mol. The third-order valence-corrected chi connectivity index (χ3v) is 5.56. The molecule has 1 saturated heterocycles. The molecule has 4 atom stereocenters. The zero-order valence-electron chi connectivity index (χ0n) is 15.8. The Hall–Kier alpha value is 1.53. The topological polar surface area (TPSA) is 221 Å². The average Bonchev–Trinajstić information content (AvgIpc) is 3.07. The van der Waals surface area contributed by atoms with Crippen LogP contribution in [0.5, 0.6) is 0 Å². The van der Waals surface area contributed by atoms with E-state index < -0.39 is 40.7 Å². The minimum Gasteiger partial charge on any atom is -0.790 e. The van der Waals surface area contributed by atoms with E-state index in [-0.39, 0.29) is 101 Å². The van der Waals surface area contributed by atoms with Gasteiger partial charge >= 0.3 is 88.7 Å². The van der Waals surface area contributed by atoms with Crippen molar-refractivity contribution in [3.63, 3.8) is 0 Å². The van der Waals surface area contributed by atoms with Crippen LogP contribution in [-0.2, 0) is 22.7 Å². The molecule has 1 aliphatic heterocycles. The molecular formula is C10H12N5Na3O9P2. The van der Waals surface area contributed by atoms with Crippen LogP contribution in [0.25, 0.3) is 11.2 Å². The summed E-state index contributed by atoms with van der Waals surface area (Å²) in [4.78, 5) is 43.8. The summed E-state index contributed by atoms with van der Waals surface area (Å²) in [5, 5.41) is 10.0. The standard InChI is InChI=1S/C10H15N5O9P2.3Na/c11-9-8-10(13-3-12-9)15(4-14-8)7-1-5(16)6(23-7)2-22-26(20,21)24-25(17,18)19;;;/h3-7,16H,1-2H2,(H,20,21)(H2,11,12,13)(H2,17,18,19);;;/q;3*+1/p-3/t5-,6-,7-;;;/m1.../s1. The van der Waals surface area contributed by atoms with Crippen molar-refractivity contribution >= 4 is 32.6 Å². The summed E-state index contributed by atoms with van der Waals surface area (Å²) in [5.74, 6) is 0.149. The van der Waals surface area contributed by atoms with Gasteiger partial charge in [0.25, 0.3) is 7.82 Å². The van der Waals surface area contributed by atoms with Gasteiger partial charge in [0, 0.05) is 6.42 Å². The minimum absolute atomic E-state index is 0. The first-order valence-electron chi connectivity index (χ1n) is 7.01. The summed E-state index contributed by atoms with van der Waals surface area (Å²) in [6.45, 7) is -0.762. The molecule has 2 aromatic rings. The number of aliphatic hydroxyl groups excluding tert-OH is 1. The van der Waals surface area contributed by atoms with E-state index in [0.29, 0.717) is 11.2 Å². The zero-order valence-corrected chi connectivity index (χ0v) is 23.6. The number of aliphatic hydroxyl groups is 1. The summed E-state index contributed by atoms with van der Waals surface area (Å²) in [5.41, 5.74) is 6.34. The van der Waals surface area contributed by atoms with Crippen molar-refractivity contribution in [3.8, 4) is 0 Å². The number of rotatable bonds is 6. The number of ether oxygens (including phenoxy) is 1. The van der Waals surface area contributed by atoms with Crippen LogP contribution in [-0.4, -0.2) is 43.4 Å². The third kappa shape index (κ3) is 8.11. The molecule has 0 radical (unpaired) electrons. The summed E-state index contributed by atoms with van der Waals surface area (Å²) < 4.78 is 36.2. The Morgan fingerprint density at radius 2 is 1.90 bits per heavy atom. The normalized spacial score (nSPS) is 23.5. The Labute approximate surface area is 230 Å². The predicted octanol–water partition coefficient (Wildman–Crippen LogP) is -11.6. The fraction of sp³-hybridized carbons (Fsp3) is 0.500. The SMILES string of the molecule is Nc1ncnc2c1ncn2[C@H]1C[C@@H](O)[C@@H](COP(=O)([O-])OP(=O)([O-])[O-])O1.[Na+].[Na+].[Na+]. The van der Waals surface area contributed by atoms with E-state index in [2.05, 4.69) is 23.8 Å². The molecule has 1 fully saturated rings. The number of hydrogen-bond acceptors (Lipinski definition) is 13. The van der Waals surface area contributed by atoms with Gasteiger partial charge in [-0.25, -0.2) is 15.0 Å². The van der Waals surface area contributed by atoms with Crippen LogP contribution in [0, 0.1) is 0 Å². The van der Waals surface area contributed by atoms with Gasteiger partial charge in [0.1, 0.15) is 24.2 Å². The first kappa shape index (κ1) is 30.5. The molecule has 1 aliphatic rings. The second-order valence-corrected chi connectivity index (χ2v) is 7.99. The summed E-state index contributed by atoms with van der Waals surface area (Å²) in [7, 11) is -11.2. The molecule has 14 nitrogen and oxygen atoms in total. The predicted molar refractivity (Wildman–Crippen MR) is 76.5 cm³/mol. The molecule has 2 aromatic heterocycles. The minimum atomic E-state index is -5.79. The van der Waals surface area contributed by atoms with Crippen molar-refractivity contribution in [2.45, 2.75) is 24.9 Å². The maximum Gasteiger partial charge on any atom is 1.00 e. The molecule has 144 valence electrons. The smallest absolute Gasteiger partial charge is 0.790 e. The molecule has 3 heterocycles. The van der Waals surface area contributed by atoms with Gasteiger partial charge in [0.05, 0.1) is 26.9 Å². The Balaban J connectivity index is 0.00000261. The number of phosphoric ester groups is 1. The zero-order chi connectivity index (χ0) is 19.1. The Bertz CT molecular complexity index is 914. The number of nitrogen functional groups attached to an aromatic ring is 1. The molecule has 0 aromatic carbocycles. The van der Waals surface area contributed by atoms with Crippen molar-refractivity contribution in [1.82, 2.24) is 19.5 Å². The van der Waals surface area contributed by atoms with Gasteiger partial charge < -0.3 is 39.3 Å². The number of fused-ring (bicyclic) bond motifs is 1. The van der Waals surface area contributed by atoms with Crippen molar-refractivity contribution < 1.29 is 131 Å². The molecule has 1 unspecified atom stereocenters. The first-order valence-corrected chi connectivity index (χ1v) is 9.93. The maximum atomic E-state index is 11.3. The number of imidazole rings is 1. The Morgan fingerprint density at radius 1 is 1.24 bits per heavy atom. The number of phosphoric acid groups is 2. The van der Waals surface area contributed by atoms with Crippen LogP contribution in [0.3, 0.4) is 0 Å². The van der Waals surface area contributed by atoms with Gasteiger partial charge in [0.15, 0.2) is 11.5 Å². The summed E-state index contributed by atoms with van der Waals surface area (Å²) in [6, 6.07) is 0. The average molecular weight is 477 g/mol. The maximum absolute atomic E-state index is 11.3. The summed E-state index contributed by atoms with van der Waals surface area (Å²) in [6.07, 6.45) is -0.437. The van der Waals surface area contributed by atoms with E-state index >= 15 is 0 Å². The van der Waals surface area contributed by atoms with E-state index in [1.54, 1.807) is 0 Å². The molecule has 3 rings (SSSR count). The van der Waals surface area contributed by atoms with Crippen LogP contribution in [0.4, 0.5) is 5.82 Å². The van der Waals surface area contributed by atoms with Gasteiger partial charge in [-0.15, -0.1) is 0 Å². The molecule has 0 saturated carbocycles. The van der Waals surface area contributed by atoms with Gasteiger partial charge in [-0.2, -0.15) is 0 Å². The number of aromatic nitrogens is 4. The van der Waals surface area contributed by atoms with Crippen LogP contribution in [0.15, 0.2) is 12.7 Å². The van der Waals surface area contributed by atoms with Gasteiger partial charge in [-0.3, -0.25) is 13.4 Å². The number of nitrogens with two attached hydrogens (primary N) is 1. The molecule has 0 bridgehead atoms. The second kappa shape index (κ2) is 12.1. The molecule has 0 aliphatic carbocycles. The van der Waals surface area contributed by atoms with Crippen molar-refractivity contribution in [3.05, 3.63) is 12.7 Å². The second-order valence-electron chi connectivity index (χ2n) is 5.29. The van der Waals surface area contributed by atoms with Crippen molar-refractivity contribution in [2.24, 2.45) is 0 Å². The van der Waals surface area contributed by atoms with Gasteiger partial charge in [-0.05, 0) is 0 Å². The van der Waals surface area contributed by atoms with Gasteiger partial charge in [-0.1, -0.05) is 0 Å². The van der Waals surface area contributed by atoms with E-state index in [1.807, 2.05) is 0 Å². The van der Waals surface area contributed by atoms with E-state index in [9.17, 15) is 28.9 Å². The molecule has 3 N–H and O–H groups in total. The van der Waals surface area contributed by atoms with Crippen molar-refractivity contribution in [2.75, 3.05) is 12.3 Å². The van der Waals surface area contributed by atoms with Crippen LogP contribution < -0.4 is 109 Å². The monoisotopic (exact) mass is 477 g/mol. The fourth-order valence-electron chi connectivity index (χ4n) is 2.43. The number of anilines is 1. The van der Waals surface area contributed by atoms with E-state index in [1.165, 1.54) is 17.2 Å². The van der Waals surface area contributed by atoms with Gasteiger partial charge in [0.2, 0.25) is 0 Å². The van der Waals surface area contributed by atoms with Crippen LogP contribution in [0.2, 0.25) is 0 Å². The largest absolute Gasteiger partial charge is 1.00 e. The van der Waals surface area contributed by atoms with Crippen molar-refractivity contribution in [1.29, 1.82) is 0 Å². The number of hydrogen-bond donors (Lipinski definition) is 2. The third-order valence-electron chi connectivity index (χ3n) is 3.50. The van der Waals surface area contributed by atoms with Crippen LogP contribution >= 0.6 is 15.6 Å². The molecule has 0 amide bonds. The van der Waals surface area contributed by atoms with Crippen LogP contribution in [0.1, 0.15) is 12.6 Å². The number of nitrogens with zero attached hydrogens (tertiary/aromatic N) is 4.